The molecule has 4 saturated heterocycles. The van der Waals surface area contributed by atoms with Crippen LogP contribution in [0.15, 0.2) is 0 Å². The number of fused-ring (bicyclic) bond motifs is 2. The zero-order valence-corrected chi connectivity index (χ0v) is 21.3. The zero-order chi connectivity index (χ0) is 24.6. The van der Waals surface area contributed by atoms with Gasteiger partial charge in [-0.1, -0.05) is 13.8 Å². The quantitative estimate of drug-likeness (QED) is 0.295. The fourth-order valence-electron chi connectivity index (χ4n) is 4.94. The Morgan fingerprint density at radius 2 is 1.24 bits per heavy atom. The van der Waals surface area contributed by atoms with Crippen LogP contribution in [-0.4, -0.2) is 84.3 Å². The second kappa shape index (κ2) is 8.03. The van der Waals surface area contributed by atoms with Gasteiger partial charge in [-0.25, -0.2) is 9.59 Å². The molecule has 0 saturated carbocycles. The standard InChI is InChI=1S/C21H32N4O6S2/c1-8(2)7-9(30-18(28)12-20(3,4)32-16-10(22)14(26)24(12)16)31-19(29)13-21(5,6)33-17-11(23)15(27)25(13)17/h8-13,16-17H,7,22-23H2,1-6H3/t9?,10?,11?,12-,13-,16+,17+/m0/s1. The van der Waals surface area contributed by atoms with Crippen LogP contribution in [0.5, 0.6) is 0 Å². The minimum atomic E-state index is -1.14. The van der Waals surface area contributed by atoms with Gasteiger partial charge in [0.2, 0.25) is 18.1 Å². The van der Waals surface area contributed by atoms with Crippen molar-refractivity contribution >= 4 is 47.3 Å². The lowest BCUT2D eigenvalue weighted by Crippen LogP contribution is -2.69. The van der Waals surface area contributed by atoms with Crippen molar-refractivity contribution in [1.82, 2.24) is 9.80 Å². The smallest absolute Gasteiger partial charge is 0.333 e. The number of rotatable bonds is 6. The summed E-state index contributed by atoms with van der Waals surface area (Å²) in [7, 11) is 0. The molecule has 2 unspecified atom stereocenters. The van der Waals surface area contributed by atoms with Gasteiger partial charge >= 0.3 is 11.9 Å². The second-order valence-electron chi connectivity index (χ2n) is 10.5. The SMILES string of the molecule is CC(C)CC(OC(=O)[C@@H]1N2C(=O)C(N)[C@H]2SC1(C)C)OC(=O)[C@@H]1N2C(=O)C(N)[C@H]2SC1(C)C. The van der Waals surface area contributed by atoms with Crippen molar-refractivity contribution in [1.29, 1.82) is 0 Å². The van der Waals surface area contributed by atoms with Gasteiger partial charge in [-0.3, -0.25) is 9.59 Å². The largest absolute Gasteiger partial charge is 0.424 e. The van der Waals surface area contributed by atoms with Crippen molar-refractivity contribution in [2.75, 3.05) is 0 Å². The summed E-state index contributed by atoms with van der Waals surface area (Å²) in [4.78, 5) is 53.9. The first-order valence-electron chi connectivity index (χ1n) is 11.1. The van der Waals surface area contributed by atoms with Gasteiger partial charge in [0.05, 0.1) is 0 Å². The highest BCUT2D eigenvalue weighted by Gasteiger charge is 2.64. The molecule has 0 aromatic rings. The summed E-state index contributed by atoms with van der Waals surface area (Å²) in [5, 5.41) is -0.544. The summed E-state index contributed by atoms with van der Waals surface area (Å²) in [5.41, 5.74) is 11.8. The lowest BCUT2D eigenvalue weighted by atomic mass is 9.96. The maximum atomic E-state index is 13.2. The molecule has 12 heteroatoms. The van der Waals surface area contributed by atoms with Crippen molar-refractivity contribution < 1.29 is 28.7 Å². The molecule has 2 amide bonds. The summed E-state index contributed by atoms with van der Waals surface area (Å²) >= 11 is 2.92. The Labute approximate surface area is 201 Å². The van der Waals surface area contributed by atoms with E-state index in [0.29, 0.717) is 0 Å². The lowest BCUT2D eigenvalue weighted by Gasteiger charge is -2.42. The number of carbonyl (C=O) groups excluding carboxylic acids is 4. The Morgan fingerprint density at radius 1 is 0.879 bits per heavy atom. The predicted octanol–water partition coefficient (Wildman–Crippen LogP) is 0.224. The minimum absolute atomic E-state index is 0.0612. The molecule has 4 rings (SSSR count). The van der Waals surface area contributed by atoms with E-state index >= 15 is 0 Å². The average molecular weight is 501 g/mol. The summed E-state index contributed by atoms with van der Waals surface area (Å²) < 4.78 is 10.2. The molecule has 0 aromatic heterocycles. The van der Waals surface area contributed by atoms with Gasteiger partial charge in [-0.2, -0.15) is 0 Å². The number of hydrogen-bond donors (Lipinski definition) is 2. The molecule has 33 heavy (non-hydrogen) atoms. The van der Waals surface area contributed by atoms with Crippen molar-refractivity contribution in [3.63, 3.8) is 0 Å². The van der Waals surface area contributed by atoms with Crippen molar-refractivity contribution in [2.45, 2.75) is 98.7 Å². The molecule has 0 radical (unpaired) electrons. The van der Waals surface area contributed by atoms with Gasteiger partial charge in [-0.15, -0.1) is 23.5 Å². The topological polar surface area (TPSA) is 145 Å². The van der Waals surface area contributed by atoms with E-state index in [9.17, 15) is 19.2 Å². The van der Waals surface area contributed by atoms with E-state index in [-0.39, 0.29) is 34.9 Å². The van der Waals surface area contributed by atoms with Gasteiger partial charge in [0.25, 0.3) is 0 Å². The maximum Gasteiger partial charge on any atom is 0.333 e. The van der Waals surface area contributed by atoms with Crippen molar-refractivity contribution in [2.24, 2.45) is 17.4 Å². The number of carbonyl (C=O) groups is 4. The zero-order valence-electron chi connectivity index (χ0n) is 19.6. The number of nitrogens with zero attached hydrogens (tertiary/aromatic N) is 2. The van der Waals surface area contributed by atoms with Crippen LogP contribution in [0.1, 0.15) is 48.0 Å². The normalized spacial score (nSPS) is 36.6. The highest BCUT2D eigenvalue weighted by atomic mass is 32.2. The first-order valence-corrected chi connectivity index (χ1v) is 12.9. The maximum absolute atomic E-state index is 13.2. The third kappa shape index (κ3) is 3.82. The lowest BCUT2D eigenvalue weighted by molar-refractivity contribution is -0.201. The van der Waals surface area contributed by atoms with Gasteiger partial charge in [0.15, 0.2) is 0 Å². The molecular formula is C21H32N4O6S2. The number of amides is 2. The number of thioether (sulfide) groups is 2. The summed E-state index contributed by atoms with van der Waals surface area (Å²) in [6.07, 6.45) is -0.855. The molecule has 4 aliphatic heterocycles. The van der Waals surface area contributed by atoms with Crippen LogP contribution in [0.4, 0.5) is 0 Å². The van der Waals surface area contributed by atoms with Crippen LogP contribution in [-0.2, 0) is 28.7 Å². The number of ether oxygens (including phenoxy) is 2. The Morgan fingerprint density at radius 3 is 1.58 bits per heavy atom. The van der Waals surface area contributed by atoms with Gasteiger partial charge in [0.1, 0.15) is 34.9 Å². The molecule has 10 nitrogen and oxygen atoms in total. The van der Waals surface area contributed by atoms with Crippen LogP contribution in [0.2, 0.25) is 0 Å². The molecule has 6 atom stereocenters. The van der Waals surface area contributed by atoms with Gasteiger partial charge in [-0.05, 0) is 33.6 Å². The Kier molecular flexibility index (Phi) is 5.99. The second-order valence-corrected chi connectivity index (χ2v) is 14.0. The number of hydrogen-bond acceptors (Lipinski definition) is 10. The summed E-state index contributed by atoms with van der Waals surface area (Å²) in [6.45, 7) is 11.3. The number of β-lactam (4-membered cyclic amide) rings is 2. The van der Waals surface area contributed by atoms with E-state index in [1.54, 1.807) is 0 Å². The highest BCUT2D eigenvalue weighted by Crippen LogP contribution is 2.52. The molecule has 0 aromatic carbocycles. The highest BCUT2D eigenvalue weighted by molar-refractivity contribution is 8.02. The van der Waals surface area contributed by atoms with Crippen molar-refractivity contribution in [3.8, 4) is 0 Å². The molecule has 0 aliphatic carbocycles. The van der Waals surface area contributed by atoms with E-state index in [0.717, 1.165) is 0 Å². The fourth-order valence-corrected chi connectivity index (χ4v) is 8.07. The van der Waals surface area contributed by atoms with Crippen LogP contribution >= 0.6 is 23.5 Å². The number of nitrogens with two attached hydrogens (primary N) is 2. The van der Waals surface area contributed by atoms with E-state index in [1.807, 2.05) is 41.5 Å². The van der Waals surface area contributed by atoms with Crippen LogP contribution in [0.3, 0.4) is 0 Å². The van der Waals surface area contributed by atoms with Gasteiger partial charge in [0, 0.05) is 15.9 Å². The van der Waals surface area contributed by atoms with E-state index in [4.69, 9.17) is 20.9 Å². The minimum Gasteiger partial charge on any atom is -0.424 e. The van der Waals surface area contributed by atoms with Crippen LogP contribution in [0, 0.1) is 5.92 Å². The molecule has 0 spiro atoms. The molecule has 184 valence electrons. The molecule has 4 N–H and O–H groups in total. The predicted molar refractivity (Wildman–Crippen MR) is 124 cm³/mol. The summed E-state index contributed by atoms with van der Waals surface area (Å²) in [6, 6.07) is -2.92. The molecular weight excluding hydrogens is 468 g/mol. The Balaban J connectivity index is 1.49. The van der Waals surface area contributed by atoms with E-state index in [2.05, 4.69) is 0 Å². The van der Waals surface area contributed by atoms with E-state index in [1.165, 1.54) is 33.3 Å². The first kappa shape index (κ1) is 24.6. The summed E-state index contributed by atoms with van der Waals surface area (Å²) in [5.74, 6) is -1.78. The average Bonchev–Trinajstić information content (AvgIpc) is 3.12. The third-order valence-electron chi connectivity index (χ3n) is 6.57. The molecule has 4 fully saturated rings. The fraction of sp³-hybridized carbons (Fsp3) is 0.810. The monoisotopic (exact) mass is 500 g/mol. The Hall–Kier alpha value is -1.50. The number of esters is 2. The third-order valence-corrected chi connectivity index (χ3v) is 9.76. The van der Waals surface area contributed by atoms with Crippen LogP contribution in [0.25, 0.3) is 0 Å². The molecule has 4 heterocycles. The molecule has 0 bridgehead atoms. The first-order chi connectivity index (χ1) is 15.2. The van der Waals surface area contributed by atoms with E-state index < -0.39 is 51.9 Å². The van der Waals surface area contributed by atoms with Crippen LogP contribution < -0.4 is 11.5 Å². The van der Waals surface area contributed by atoms with Gasteiger partial charge < -0.3 is 30.7 Å². The van der Waals surface area contributed by atoms with Crippen molar-refractivity contribution in [3.05, 3.63) is 0 Å². The Bertz CT molecular complexity index is 830. The molecule has 4 aliphatic rings.